The Morgan fingerprint density at radius 2 is 0.464 bits per heavy atom. The summed E-state index contributed by atoms with van der Waals surface area (Å²) in [6.45, 7) is 12.0. The van der Waals surface area contributed by atoms with Gasteiger partial charge in [-0.3, -0.25) is 37.3 Å². The number of esters is 4. The average molecular weight is 1610 g/mol. The zero-order valence-corrected chi connectivity index (χ0v) is 74.5. The Bertz CT molecular complexity index is 2120. The second-order valence-corrected chi connectivity index (χ2v) is 36.8. The van der Waals surface area contributed by atoms with E-state index in [0.717, 1.165) is 108 Å². The first-order chi connectivity index (χ1) is 53.3. The van der Waals surface area contributed by atoms with Crippen LogP contribution in [0, 0.1) is 17.8 Å². The maximum absolute atomic E-state index is 13.2. The third kappa shape index (κ3) is 82.6. The number of rotatable bonds is 89. The van der Waals surface area contributed by atoms with Gasteiger partial charge in [0.05, 0.1) is 26.4 Å². The fourth-order valence-corrected chi connectivity index (χ4v) is 15.8. The number of ether oxygens (including phenoxy) is 4. The first-order valence-electron chi connectivity index (χ1n) is 46.9. The molecule has 0 aliphatic heterocycles. The van der Waals surface area contributed by atoms with Gasteiger partial charge in [0.1, 0.15) is 19.3 Å². The molecule has 3 unspecified atom stereocenters. The molecule has 0 heterocycles. The van der Waals surface area contributed by atoms with E-state index >= 15 is 0 Å². The molecule has 0 aliphatic carbocycles. The third-order valence-electron chi connectivity index (χ3n) is 21.7. The minimum absolute atomic E-state index is 0.107. The highest BCUT2D eigenvalue weighted by Gasteiger charge is 2.31. The highest BCUT2D eigenvalue weighted by Crippen LogP contribution is 2.45. The molecular weight excluding hydrogens is 1430 g/mol. The Morgan fingerprint density at radius 3 is 0.691 bits per heavy atom. The number of aliphatic hydroxyl groups is 1. The molecule has 0 spiro atoms. The Morgan fingerprint density at radius 1 is 0.264 bits per heavy atom. The Kier molecular flexibility index (Phi) is 79.4. The monoisotopic (exact) mass is 1610 g/mol. The summed E-state index contributed by atoms with van der Waals surface area (Å²) in [5, 5.41) is 10.7. The first-order valence-corrected chi connectivity index (χ1v) is 49.9. The Labute approximate surface area is 677 Å². The first kappa shape index (κ1) is 108. The zero-order chi connectivity index (χ0) is 80.8. The van der Waals surface area contributed by atoms with E-state index in [9.17, 15) is 43.2 Å². The predicted molar refractivity (Wildman–Crippen MR) is 455 cm³/mol. The van der Waals surface area contributed by atoms with Crippen molar-refractivity contribution in [3.8, 4) is 0 Å². The third-order valence-corrected chi connectivity index (χ3v) is 23.6. The van der Waals surface area contributed by atoms with Crippen LogP contribution in [0.3, 0.4) is 0 Å². The predicted octanol–water partition coefficient (Wildman–Crippen LogP) is 28.0. The van der Waals surface area contributed by atoms with Crippen LogP contribution in [0.1, 0.15) is 485 Å². The van der Waals surface area contributed by atoms with Crippen LogP contribution in [-0.4, -0.2) is 96.7 Å². The number of phosphoric acid groups is 2. The van der Waals surface area contributed by atoms with Crippen molar-refractivity contribution >= 4 is 39.5 Å². The molecule has 0 saturated heterocycles. The summed E-state index contributed by atoms with van der Waals surface area (Å²) < 4.78 is 69.0. The van der Waals surface area contributed by atoms with Gasteiger partial charge in [-0.25, -0.2) is 9.13 Å². The van der Waals surface area contributed by atoms with E-state index in [1.54, 1.807) is 0 Å². The SMILES string of the molecule is CCCCCCCCCCCCCCCCCCCCCCCC(=O)OC[C@H](COP(=O)(O)OC[C@@H](O)COP(=O)(O)OC[C@@H](COC(=O)CCCCCCCCCC(C)C)OC(=O)CCCCCCCCCCCCCCCCC(C)C)OC(=O)CCCCCCCCCCCCCCCCCCCCC(C)CC. The van der Waals surface area contributed by atoms with Crippen LogP contribution in [0.25, 0.3) is 0 Å². The molecular formula is C91H178O17P2. The number of carbonyl (C=O) groups is 4. The van der Waals surface area contributed by atoms with Gasteiger partial charge in [-0.15, -0.1) is 0 Å². The minimum Gasteiger partial charge on any atom is -0.462 e. The molecule has 0 aromatic heterocycles. The van der Waals surface area contributed by atoms with Crippen LogP contribution in [0.15, 0.2) is 0 Å². The van der Waals surface area contributed by atoms with Crippen molar-refractivity contribution in [2.75, 3.05) is 39.6 Å². The summed E-state index contributed by atoms with van der Waals surface area (Å²) in [5.41, 5.74) is 0. The van der Waals surface area contributed by atoms with Crippen molar-refractivity contribution in [1.82, 2.24) is 0 Å². The number of carbonyl (C=O) groups excluding carboxylic acids is 4. The van der Waals surface area contributed by atoms with Crippen molar-refractivity contribution in [2.24, 2.45) is 17.8 Å². The molecule has 17 nitrogen and oxygen atoms in total. The molecule has 0 saturated carbocycles. The van der Waals surface area contributed by atoms with Gasteiger partial charge in [0, 0.05) is 25.7 Å². The lowest BCUT2D eigenvalue weighted by Crippen LogP contribution is -2.30. The van der Waals surface area contributed by atoms with Crippen molar-refractivity contribution in [3.63, 3.8) is 0 Å². The number of hydrogen-bond acceptors (Lipinski definition) is 15. The lowest BCUT2D eigenvalue weighted by molar-refractivity contribution is -0.161. The summed E-state index contributed by atoms with van der Waals surface area (Å²) in [6.07, 6.45) is 73.8. The average Bonchev–Trinajstić information content (AvgIpc) is 0.901. The van der Waals surface area contributed by atoms with Crippen LogP contribution in [-0.2, 0) is 65.4 Å². The fourth-order valence-electron chi connectivity index (χ4n) is 14.2. The lowest BCUT2D eigenvalue weighted by atomic mass is 9.99. The number of aliphatic hydroxyl groups excluding tert-OH is 1. The van der Waals surface area contributed by atoms with E-state index in [1.165, 1.54) is 289 Å². The molecule has 0 aromatic carbocycles. The standard InChI is InChI=1S/C91H178O17P2/c1-8-10-11-12-13-14-15-16-17-18-19-20-21-25-28-34-39-44-51-58-65-72-88(93)101-78-86(107-90(95)74-67-60-52-45-40-35-29-26-23-22-24-27-33-38-43-50-57-64-71-84(7)9-2)80-105-109(97,98)103-76-85(92)77-104-110(99,100)106-81-87(79-102-89(94)73-66-59-54-47-49-56-63-70-83(5)6)108-91(96)75-68-61-53-46-41-36-31-30-32-37-42-48-55-62-69-82(3)4/h82-87,92H,8-81H2,1-7H3,(H,97,98)(H,99,100)/t84?,85-,86-,87-/m1/s1. The lowest BCUT2D eigenvalue weighted by Gasteiger charge is -2.21. The molecule has 6 atom stereocenters. The van der Waals surface area contributed by atoms with Crippen molar-refractivity contribution in [2.45, 2.75) is 503 Å². The molecule has 0 rings (SSSR count). The summed E-state index contributed by atoms with van der Waals surface area (Å²) in [6, 6.07) is 0. The molecule has 0 aliphatic rings. The van der Waals surface area contributed by atoms with E-state index in [-0.39, 0.29) is 25.7 Å². The Hall–Kier alpha value is -1.94. The van der Waals surface area contributed by atoms with Gasteiger partial charge in [0.25, 0.3) is 0 Å². The van der Waals surface area contributed by atoms with Crippen LogP contribution >= 0.6 is 15.6 Å². The molecule has 0 amide bonds. The van der Waals surface area contributed by atoms with Gasteiger partial charge < -0.3 is 33.8 Å². The highest BCUT2D eigenvalue weighted by atomic mass is 31.2. The molecule has 3 N–H and O–H groups in total. The van der Waals surface area contributed by atoms with Gasteiger partial charge in [-0.05, 0) is 43.4 Å². The quantitative estimate of drug-likeness (QED) is 0.0222. The van der Waals surface area contributed by atoms with Gasteiger partial charge in [-0.2, -0.15) is 0 Å². The summed E-state index contributed by atoms with van der Waals surface area (Å²) in [5.74, 6) is 0.270. The largest absolute Gasteiger partial charge is 0.472 e. The zero-order valence-electron chi connectivity index (χ0n) is 72.7. The van der Waals surface area contributed by atoms with E-state index in [0.29, 0.717) is 31.6 Å². The minimum atomic E-state index is -4.97. The van der Waals surface area contributed by atoms with Crippen LogP contribution in [0.5, 0.6) is 0 Å². The fraction of sp³-hybridized carbons (Fsp3) is 0.956. The van der Waals surface area contributed by atoms with E-state index < -0.39 is 97.5 Å². The summed E-state index contributed by atoms with van der Waals surface area (Å²) in [7, 11) is -9.94. The Balaban J connectivity index is 5.22. The molecule has 0 aromatic rings. The molecule has 0 fully saturated rings. The van der Waals surface area contributed by atoms with Gasteiger partial charge >= 0.3 is 39.5 Å². The molecule has 0 radical (unpaired) electrons. The normalized spacial score (nSPS) is 14.0. The second kappa shape index (κ2) is 80.8. The number of phosphoric ester groups is 2. The van der Waals surface area contributed by atoms with Crippen molar-refractivity contribution in [1.29, 1.82) is 0 Å². The smallest absolute Gasteiger partial charge is 0.462 e. The van der Waals surface area contributed by atoms with E-state index in [4.69, 9.17) is 37.0 Å². The van der Waals surface area contributed by atoms with Gasteiger partial charge in [0.2, 0.25) is 0 Å². The summed E-state index contributed by atoms with van der Waals surface area (Å²) >= 11 is 0. The molecule has 19 heteroatoms. The van der Waals surface area contributed by atoms with Crippen molar-refractivity contribution < 1.29 is 80.2 Å². The van der Waals surface area contributed by atoms with E-state index in [1.807, 2.05) is 0 Å². The van der Waals surface area contributed by atoms with Gasteiger partial charge in [0.15, 0.2) is 12.2 Å². The van der Waals surface area contributed by atoms with Crippen molar-refractivity contribution in [3.05, 3.63) is 0 Å². The maximum atomic E-state index is 13.2. The van der Waals surface area contributed by atoms with E-state index in [2.05, 4.69) is 48.5 Å². The van der Waals surface area contributed by atoms with Gasteiger partial charge in [-0.1, -0.05) is 434 Å². The topological polar surface area (TPSA) is 237 Å². The highest BCUT2D eigenvalue weighted by molar-refractivity contribution is 7.47. The molecule has 110 heavy (non-hydrogen) atoms. The second-order valence-electron chi connectivity index (χ2n) is 33.9. The molecule has 0 bridgehead atoms. The maximum Gasteiger partial charge on any atom is 0.472 e. The molecule has 654 valence electrons. The number of hydrogen-bond donors (Lipinski definition) is 3. The van der Waals surface area contributed by atoms with Crippen LogP contribution in [0.2, 0.25) is 0 Å². The van der Waals surface area contributed by atoms with Crippen LogP contribution in [0.4, 0.5) is 0 Å². The summed E-state index contributed by atoms with van der Waals surface area (Å²) in [4.78, 5) is 73.4. The van der Waals surface area contributed by atoms with Crippen LogP contribution < -0.4 is 0 Å². The number of unbranched alkanes of at least 4 members (excludes halogenated alkanes) is 56.